The van der Waals surface area contributed by atoms with Crippen molar-refractivity contribution in [2.75, 3.05) is 11.9 Å². The zero-order valence-corrected chi connectivity index (χ0v) is 16.2. The van der Waals surface area contributed by atoms with Crippen LogP contribution in [0.15, 0.2) is 71.6 Å². The van der Waals surface area contributed by atoms with Gasteiger partial charge in [0, 0.05) is 37.1 Å². The topological polar surface area (TPSA) is 84.7 Å². The first kappa shape index (κ1) is 20.1. The Hall–Kier alpha value is -3.61. The van der Waals surface area contributed by atoms with Crippen molar-refractivity contribution < 1.29 is 18.7 Å². The second-order valence-electron chi connectivity index (χ2n) is 6.40. The molecular weight excluding hydrogens is 370 g/mol. The van der Waals surface area contributed by atoms with Crippen LogP contribution in [0, 0.1) is 0 Å². The fourth-order valence-electron chi connectivity index (χ4n) is 2.68. The number of anilines is 1. The van der Waals surface area contributed by atoms with Crippen LogP contribution in [0.3, 0.4) is 0 Å². The Morgan fingerprint density at radius 1 is 1.10 bits per heavy atom. The monoisotopic (exact) mass is 393 g/mol. The van der Waals surface area contributed by atoms with Gasteiger partial charge in [-0.3, -0.25) is 14.6 Å². The van der Waals surface area contributed by atoms with Crippen molar-refractivity contribution in [3.63, 3.8) is 0 Å². The van der Waals surface area contributed by atoms with Crippen LogP contribution in [-0.2, 0) is 22.7 Å². The van der Waals surface area contributed by atoms with E-state index >= 15 is 0 Å². The number of amides is 2. The van der Waals surface area contributed by atoms with Crippen molar-refractivity contribution in [1.82, 2.24) is 9.88 Å². The lowest BCUT2D eigenvalue weighted by molar-refractivity contribution is -0.135. The Balaban J connectivity index is 1.64. The molecule has 150 valence electrons. The molecule has 0 saturated heterocycles. The zero-order valence-electron chi connectivity index (χ0n) is 16.2. The van der Waals surface area contributed by atoms with Crippen molar-refractivity contribution in [3.8, 4) is 5.75 Å². The van der Waals surface area contributed by atoms with Gasteiger partial charge in [-0.1, -0.05) is 13.0 Å². The molecule has 0 radical (unpaired) electrons. The summed E-state index contributed by atoms with van der Waals surface area (Å²) in [5.41, 5.74) is 1.59. The zero-order chi connectivity index (χ0) is 20.5. The van der Waals surface area contributed by atoms with Crippen LogP contribution in [0.4, 0.5) is 5.69 Å². The molecular formula is C22H23N3O4. The first-order valence-corrected chi connectivity index (χ1v) is 9.36. The third kappa shape index (κ3) is 6.21. The van der Waals surface area contributed by atoms with Gasteiger partial charge in [0.2, 0.25) is 5.91 Å². The number of hydrogen-bond donors (Lipinski definition) is 1. The van der Waals surface area contributed by atoms with Crippen molar-refractivity contribution in [2.24, 2.45) is 0 Å². The Morgan fingerprint density at radius 3 is 2.66 bits per heavy atom. The van der Waals surface area contributed by atoms with E-state index in [2.05, 4.69) is 10.3 Å². The predicted octanol–water partition coefficient (Wildman–Crippen LogP) is 3.63. The summed E-state index contributed by atoms with van der Waals surface area (Å²) in [4.78, 5) is 30.0. The smallest absolute Gasteiger partial charge is 0.261 e. The van der Waals surface area contributed by atoms with E-state index in [0.717, 1.165) is 5.56 Å². The van der Waals surface area contributed by atoms with E-state index in [9.17, 15) is 9.59 Å². The molecule has 0 aliphatic rings. The number of hydrogen-bond acceptors (Lipinski definition) is 5. The molecule has 7 nitrogen and oxygen atoms in total. The van der Waals surface area contributed by atoms with Gasteiger partial charge in [-0.05, 0) is 42.0 Å². The molecule has 0 aliphatic heterocycles. The molecule has 0 spiro atoms. The summed E-state index contributed by atoms with van der Waals surface area (Å²) in [5, 5.41) is 2.77. The van der Waals surface area contributed by atoms with Crippen LogP contribution < -0.4 is 10.1 Å². The molecule has 3 aromatic rings. The largest absolute Gasteiger partial charge is 0.484 e. The van der Waals surface area contributed by atoms with Gasteiger partial charge < -0.3 is 19.4 Å². The SMILES string of the molecule is CCC(=O)Nc1cccc(OCC(=O)N(Cc2ccncc2)Cc2ccco2)c1. The Labute approximate surface area is 169 Å². The number of nitrogens with zero attached hydrogens (tertiary/aromatic N) is 2. The molecule has 3 rings (SSSR count). The van der Waals surface area contributed by atoms with Crippen LogP contribution in [0.5, 0.6) is 5.75 Å². The number of furan rings is 1. The third-order valence-electron chi connectivity index (χ3n) is 4.20. The van der Waals surface area contributed by atoms with Gasteiger partial charge in [0.25, 0.3) is 5.91 Å². The van der Waals surface area contributed by atoms with Crippen LogP contribution >= 0.6 is 0 Å². The fourth-order valence-corrected chi connectivity index (χ4v) is 2.68. The van der Waals surface area contributed by atoms with E-state index < -0.39 is 0 Å². The number of nitrogens with one attached hydrogen (secondary N) is 1. The molecule has 7 heteroatoms. The maximum Gasteiger partial charge on any atom is 0.261 e. The summed E-state index contributed by atoms with van der Waals surface area (Å²) in [6.45, 7) is 2.41. The fraction of sp³-hybridized carbons (Fsp3) is 0.227. The molecule has 0 saturated carbocycles. The normalized spacial score (nSPS) is 10.4. The number of ether oxygens (including phenoxy) is 1. The number of carbonyl (C=O) groups excluding carboxylic acids is 2. The van der Waals surface area contributed by atoms with Gasteiger partial charge in [0.05, 0.1) is 12.8 Å². The van der Waals surface area contributed by atoms with Crippen LogP contribution in [0.2, 0.25) is 0 Å². The number of aromatic nitrogens is 1. The minimum Gasteiger partial charge on any atom is -0.484 e. The summed E-state index contributed by atoms with van der Waals surface area (Å²) in [7, 11) is 0. The summed E-state index contributed by atoms with van der Waals surface area (Å²) >= 11 is 0. The number of rotatable bonds is 9. The Morgan fingerprint density at radius 2 is 1.93 bits per heavy atom. The lowest BCUT2D eigenvalue weighted by Crippen LogP contribution is -2.34. The Bertz CT molecular complexity index is 926. The first-order valence-electron chi connectivity index (χ1n) is 9.36. The molecule has 2 amide bonds. The second-order valence-corrected chi connectivity index (χ2v) is 6.40. The van der Waals surface area contributed by atoms with Gasteiger partial charge in [0.15, 0.2) is 6.61 Å². The lowest BCUT2D eigenvalue weighted by Gasteiger charge is -2.22. The molecule has 2 heterocycles. The highest BCUT2D eigenvalue weighted by atomic mass is 16.5. The van der Waals surface area contributed by atoms with Crippen molar-refractivity contribution >= 4 is 17.5 Å². The van der Waals surface area contributed by atoms with E-state index in [4.69, 9.17) is 9.15 Å². The first-order chi connectivity index (χ1) is 14.1. The summed E-state index contributed by atoms with van der Waals surface area (Å²) in [5.74, 6) is 0.937. The highest BCUT2D eigenvalue weighted by Gasteiger charge is 2.17. The van der Waals surface area contributed by atoms with E-state index in [-0.39, 0.29) is 18.4 Å². The molecule has 2 aromatic heterocycles. The molecule has 1 N–H and O–H groups in total. The number of carbonyl (C=O) groups is 2. The van der Waals surface area contributed by atoms with Gasteiger partial charge >= 0.3 is 0 Å². The van der Waals surface area contributed by atoms with E-state index in [1.807, 2.05) is 18.2 Å². The molecule has 0 unspecified atom stereocenters. The maximum absolute atomic E-state index is 12.8. The van der Waals surface area contributed by atoms with Gasteiger partial charge in [-0.15, -0.1) is 0 Å². The van der Waals surface area contributed by atoms with Gasteiger partial charge in [-0.2, -0.15) is 0 Å². The average molecular weight is 393 g/mol. The molecule has 0 aliphatic carbocycles. The van der Waals surface area contributed by atoms with Crippen LogP contribution in [0.1, 0.15) is 24.7 Å². The lowest BCUT2D eigenvalue weighted by atomic mass is 10.2. The van der Waals surface area contributed by atoms with Crippen molar-refractivity contribution in [1.29, 1.82) is 0 Å². The highest BCUT2D eigenvalue weighted by Crippen LogP contribution is 2.18. The molecule has 1 aromatic carbocycles. The molecule has 29 heavy (non-hydrogen) atoms. The average Bonchev–Trinajstić information content (AvgIpc) is 3.25. The molecule has 0 fully saturated rings. The summed E-state index contributed by atoms with van der Waals surface area (Å²) in [6.07, 6.45) is 5.35. The third-order valence-corrected chi connectivity index (χ3v) is 4.20. The van der Waals surface area contributed by atoms with Gasteiger partial charge in [0.1, 0.15) is 11.5 Å². The summed E-state index contributed by atoms with van der Waals surface area (Å²) < 4.78 is 11.1. The quantitative estimate of drug-likeness (QED) is 0.600. The van der Waals surface area contributed by atoms with Crippen LogP contribution in [0.25, 0.3) is 0 Å². The predicted molar refractivity (Wildman–Crippen MR) is 108 cm³/mol. The highest BCUT2D eigenvalue weighted by molar-refractivity contribution is 5.90. The molecule has 0 atom stereocenters. The molecule has 0 bridgehead atoms. The minimum atomic E-state index is -0.179. The second kappa shape index (κ2) is 10.1. The van der Waals surface area contributed by atoms with Crippen LogP contribution in [-0.4, -0.2) is 28.3 Å². The maximum atomic E-state index is 12.8. The number of pyridine rings is 1. The standard InChI is InChI=1S/C22H23N3O4/c1-2-21(26)24-18-5-3-6-19(13-18)29-16-22(27)25(15-20-7-4-12-28-20)14-17-8-10-23-11-9-17/h3-13H,2,14-16H2,1H3,(H,24,26). The number of benzene rings is 1. The van der Waals surface area contributed by atoms with E-state index in [1.165, 1.54) is 0 Å². The minimum absolute atomic E-state index is 0.0831. The summed E-state index contributed by atoms with van der Waals surface area (Å²) in [6, 6.07) is 14.3. The van der Waals surface area contributed by atoms with Gasteiger partial charge in [-0.25, -0.2) is 0 Å². The van der Waals surface area contributed by atoms with E-state index in [0.29, 0.717) is 36.7 Å². The Kier molecular flexibility index (Phi) is 7.00. The van der Waals surface area contributed by atoms with Crippen molar-refractivity contribution in [3.05, 3.63) is 78.5 Å². The van der Waals surface area contributed by atoms with Crippen molar-refractivity contribution in [2.45, 2.75) is 26.4 Å². The van der Waals surface area contributed by atoms with E-state index in [1.54, 1.807) is 60.8 Å².